The molecular weight excluding hydrogens is 362 g/mol. The van der Waals surface area contributed by atoms with Gasteiger partial charge in [-0.15, -0.1) is 10.2 Å². The molecule has 0 aliphatic carbocycles. The van der Waals surface area contributed by atoms with Gasteiger partial charge in [0.05, 0.1) is 6.26 Å². The van der Waals surface area contributed by atoms with E-state index in [1.807, 2.05) is 6.07 Å². The van der Waals surface area contributed by atoms with Crippen molar-refractivity contribution in [3.05, 3.63) is 54.4 Å². The van der Waals surface area contributed by atoms with Gasteiger partial charge < -0.3 is 18.6 Å². The van der Waals surface area contributed by atoms with Crippen LogP contribution in [0.4, 0.5) is 0 Å². The SMILES string of the molecule is O=C(CCc1nnc(-c2ccccn2)o1)N1CCN(C(=O)c2ccco2)CC1. The van der Waals surface area contributed by atoms with Crippen molar-refractivity contribution in [2.75, 3.05) is 26.2 Å². The van der Waals surface area contributed by atoms with Crippen LogP contribution in [-0.2, 0) is 11.2 Å². The Hall–Kier alpha value is -3.49. The molecule has 1 aliphatic rings. The number of pyridine rings is 1. The van der Waals surface area contributed by atoms with Crippen LogP contribution >= 0.6 is 0 Å². The number of hydrogen-bond acceptors (Lipinski definition) is 7. The summed E-state index contributed by atoms with van der Waals surface area (Å²) in [6.45, 7) is 1.95. The predicted molar refractivity (Wildman–Crippen MR) is 97.0 cm³/mol. The lowest BCUT2D eigenvalue weighted by molar-refractivity contribution is -0.132. The number of aryl methyl sites for hydroxylation is 1. The van der Waals surface area contributed by atoms with E-state index in [-0.39, 0.29) is 18.2 Å². The van der Waals surface area contributed by atoms with E-state index in [1.165, 1.54) is 6.26 Å². The summed E-state index contributed by atoms with van der Waals surface area (Å²) in [4.78, 5) is 32.3. The van der Waals surface area contributed by atoms with Crippen LogP contribution in [0.2, 0.25) is 0 Å². The molecule has 4 rings (SSSR count). The van der Waals surface area contributed by atoms with E-state index < -0.39 is 0 Å². The summed E-state index contributed by atoms with van der Waals surface area (Å²) >= 11 is 0. The van der Waals surface area contributed by atoms with Crippen LogP contribution < -0.4 is 0 Å². The molecule has 3 aromatic rings. The average molecular weight is 381 g/mol. The molecule has 9 heteroatoms. The zero-order chi connectivity index (χ0) is 19.3. The molecule has 0 saturated carbocycles. The zero-order valence-corrected chi connectivity index (χ0v) is 15.2. The van der Waals surface area contributed by atoms with E-state index in [9.17, 15) is 9.59 Å². The van der Waals surface area contributed by atoms with E-state index >= 15 is 0 Å². The topological polar surface area (TPSA) is 106 Å². The van der Waals surface area contributed by atoms with Crippen LogP contribution in [0.5, 0.6) is 0 Å². The van der Waals surface area contributed by atoms with Crippen molar-refractivity contribution < 1.29 is 18.4 Å². The van der Waals surface area contributed by atoms with Gasteiger partial charge in [0.1, 0.15) is 5.69 Å². The van der Waals surface area contributed by atoms with Gasteiger partial charge in [0, 0.05) is 45.2 Å². The fraction of sp³-hybridized carbons (Fsp3) is 0.316. The van der Waals surface area contributed by atoms with Crippen molar-refractivity contribution in [1.82, 2.24) is 25.0 Å². The Morgan fingerprint density at radius 3 is 2.54 bits per heavy atom. The molecule has 1 saturated heterocycles. The first-order chi connectivity index (χ1) is 13.7. The average Bonchev–Trinajstić information content (AvgIpc) is 3.44. The molecule has 4 heterocycles. The summed E-state index contributed by atoms with van der Waals surface area (Å²) in [7, 11) is 0. The molecule has 0 spiro atoms. The number of rotatable bonds is 5. The normalized spacial score (nSPS) is 14.3. The van der Waals surface area contributed by atoms with Crippen LogP contribution in [0.1, 0.15) is 22.9 Å². The molecule has 0 bridgehead atoms. The summed E-state index contributed by atoms with van der Waals surface area (Å²) in [6, 6.07) is 8.76. The Bertz CT molecular complexity index is 930. The van der Waals surface area contributed by atoms with Gasteiger partial charge in [-0.3, -0.25) is 14.6 Å². The number of aromatic nitrogens is 3. The molecule has 1 aliphatic heterocycles. The highest BCUT2D eigenvalue weighted by molar-refractivity contribution is 5.91. The van der Waals surface area contributed by atoms with Gasteiger partial charge in [-0.1, -0.05) is 6.07 Å². The first kappa shape index (κ1) is 17.9. The summed E-state index contributed by atoms with van der Waals surface area (Å²) < 4.78 is 10.7. The van der Waals surface area contributed by atoms with Gasteiger partial charge in [-0.25, -0.2) is 0 Å². The fourth-order valence-corrected chi connectivity index (χ4v) is 3.03. The zero-order valence-electron chi connectivity index (χ0n) is 15.2. The van der Waals surface area contributed by atoms with E-state index in [2.05, 4.69) is 15.2 Å². The van der Waals surface area contributed by atoms with Gasteiger partial charge in [-0.2, -0.15) is 0 Å². The third-order valence-electron chi connectivity index (χ3n) is 4.56. The second kappa shape index (κ2) is 8.03. The fourth-order valence-electron chi connectivity index (χ4n) is 3.03. The summed E-state index contributed by atoms with van der Waals surface area (Å²) in [5, 5.41) is 7.96. The lowest BCUT2D eigenvalue weighted by atomic mass is 10.2. The van der Waals surface area contributed by atoms with Crippen molar-refractivity contribution in [3.63, 3.8) is 0 Å². The molecular formula is C19H19N5O4. The quantitative estimate of drug-likeness (QED) is 0.661. The maximum Gasteiger partial charge on any atom is 0.289 e. The van der Waals surface area contributed by atoms with E-state index in [0.717, 1.165) is 0 Å². The Labute approximate surface area is 161 Å². The second-order valence-electron chi connectivity index (χ2n) is 6.37. The minimum absolute atomic E-state index is 0.00248. The molecule has 144 valence electrons. The van der Waals surface area contributed by atoms with Crippen LogP contribution in [0.15, 0.2) is 51.6 Å². The van der Waals surface area contributed by atoms with Crippen LogP contribution in [0, 0.1) is 0 Å². The van der Waals surface area contributed by atoms with Crippen LogP contribution in [0.3, 0.4) is 0 Å². The molecule has 1 fully saturated rings. The lowest BCUT2D eigenvalue weighted by Crippen LogP contribution is -2.50. The molecule has 0 unspecified atom stereocenters. The van der Waals surface area contributed by atoms with Crippen LogP contribution in [-0.4, -0.2) is 63.0 Å². The number of amides is 2. The first-order valence-electron chi connectivity index (χ1n) is 9.05. The maximum atomic E-state index is 12.5. The third kappa shape index (κ3) is 3.93. The lowest BCUT2D eigenvalue weighted by Gasteiger charge is -2.34. The maximum absolute atomic E-state index is 12.5. The van der Waals surface area contributed by atoms with Gasteiger partial charge in [0.2, 0.25) is 11.8 Å². The third-order valence-corrected chi connectivity index (χ3v) is 4.56. The van der Waals surface area contributed by atoms with Crippen molar-refractivity contribution in [2.24, 2.45) is 0 Å². The van der Waals surface area contributed by atoms with Gasteiger partial charge in [-0.05, 0) is 24.3 Å². The number of hydrogen-bond donors (Lipinski definition) is 0. The van der Waals surface area contributed by atoms with Gasteiger partial charge in [0.15, 0.2) is 5.76 Å². The predicted octanol–water partition coefficient (Wildman–Crippen LogP) is 1.64. The second-order valence-corrected chi connectivity index (χ2v) is 6.37. The number of carbonyl (C=O) groups excluding carboxylic acids is 2. The van der Waals surface area contributed by atoms with Crippen molar-refractivity contribution in [1.29, 1.82) is 0 Å². The Kier molecular flexibility index (Phi) is 5.14. The van der Waals surface area contributed by atoms with Crippen LogP contribution in [0.25, 0.3) is 11.6 Å². The summed E-state index contributed by atoms with van der Waals surface area (Å²) in [6.07, 6.45) is 3.77. The van der Waals surface area contributed by atoms with E-state index in [0.29, 0.717) is 55.8 Å². The smallest absolute Gasteiger partial charge is 0.289 e. The van der Waals surface area contributed by atoms with Gasteiger partial charge in [0.25, 0.3) is 11.8 Å². The van der Waals surface area contributed by atoms with E-state index in [1.54, 1.807) is 40.3 Å². The molecule has 3 aromatic heterocycles. The summed E-state index contributed by atoms with van der Waals surface area (Å²) in [5.41, 5.74) is 0.602. The standard InChI is InChI=1S/C19H19N5O4/c25-17(7-6-16-21-22-18(28-16)14-4-1-2-8-20-14)23-9-11-24(12-10-23)19(26)15-5-3-13-27-15/h1-5,8,13H,6-7,9-12H2. The molecule has 0 radical (unpaired) electrons. The monoisotopic (exact) mass is 381 g/mol. The number of carbonyl (C=O) groups is 2. The minimum atomic E-state index is -0.148. The summed E-state index contributed by atoms with van der Waals surface area (Å²) in [5.74, 6) is 0.918. The molecule has 0 atom stereocenters. The number of furan rings is 1. The Morgan fingerprint density at radius 2 is 1.82 bits per heavy atom. The van der Waals surface area contributed by atoms with Crippen molar-refractivity contribution in [2.45, 2.75) is 12.8 Å². The molecule has 2 amide bonds. The first-order valence-corrected chi connectivity index (χ1v) is 9.05. The highest BCUT2D eigenvalue weighted by Crippen LogP contribution is 2.16. The Morgan fingerprint density at radius 1 is 1.00 bits per heavy atom. The Balaban J connectivity index is 1.26. The highest BCUT2D eigenvalue weighted by atomic mass is 16.4. The highest BCUT2D eigenvalue weighted by Gasteiger charge is 2.26. The van der Waals surface area contributed by atoms with Crippen molar-refractivity contribution in [3.8, 4) is 11.6 Å². The minimum Gasteiger partial charge on any atom is -0.459 e. The molecule has 0 aromatic carbocycles. The van der Waals surface area contributed by atoms with Gasteiger partial charge >= 0.3 is 0 Å². The molecule has 0 N–H and O–H groups in total. The van der Waals surface area contributed by atoms with E-state index in [4.69, 9.17) is 8.83 Å². The molecule has 28 heavy (non-hydrogen) atoms. The number of nitrogens with zero attached hydrogens (tertiary/aromatic N) is 5. The number of piperazine rings is 1. The largest absolute Gasteiger partial charge is 0.459 e. The van der Waals surface area contributed by atoms with Crippen molar-refractivity contribution >= 4 is 11.8 Å². The molecule has 9 nitrogen and oxygen atoms in total.